The molecule has 0 saturated heterocycles. The van der Waals surface area contributed by atoms with E-state index < -0.39 is 0 Å². The van der Waals surface area contributed by atoms with Crippen molar-refractivity contribution >= 4 is 0 Å². The van der Waals surface area contributed by atoms with Gasteiger partial charge < -0.3 is 5.11 Å². The van der Waals surface area contributed by atoms with Crippen molar-refractivity contribution in [3.63, 3.8) is 0 Å². The summed E-state index contributed by atoms with van der Waals surface area (Å²) < 4.78 is 0. The van der Waals surface area contributed by atoms with Gasteiger partial charge in [-0.25, -0.2) is 0 Å². The first-order valence-corrected chi connectivity index (χ1v) is 13.4. The zero-order valence-electron chi connectivity index (χ0n) is 21.9. The number of fused-ring (bicyclic) bond motifs is 5. The van der Waals surface area contributed by atoms with Crippen molar-refractivity contribution in [2.75, 3.05) is 0 Å². The minimum atomic E-state index is -0.137. The molecule has 1 N–H and O–H groups in total. The van der Waals surface area contributed by atoms with Gasteiger partial charge in [0.1, 0.15) is 0 Å². The van der Waals surface area contributed by atoms with E-state index in [1.165, 1.54) is 56.9 Å². The Morgan fingerprint density at radius 3 is 2.45 bits per heavy atom. The van der Waals surface area contributed by atoms with Crippen LogP contribution in [0.3, 0.4) is 0 Å². The SMILES string of the molecule is CC(C)=CCC[C@H](C)[C@@H]1CC[C@]2(C)C3=CC[C@@H]4C(C)(C)[C@@H](O)CC[C@]4(C)[C@H]3CC[C@@]12C. The third-order valence-corrected chi connectivity index (χ3v) is 11.7. The minimum absolute atomic E-state index is 0.0360. The average Bonchev–Trinajstić information content (AvgIpc) is 2.96. The molecule has 31 heavy (non-hydrogen) atoms. The Morgan fingerprint density at radius 1 is 1.06 bits per heavy atom. The van der Waals surface area contributed by atoms with Crippen molar-refractivity contribution in [3.8, 4) is 0 Å². The summed E-state index contributed by atoms with van der Waals surface area (Å²) in [5.74, 6) is 3.02. The molecule has 4 aliphatic rings. The van der Waals surface area contributed by atoms with Crippen molar-refractivity contribution in [2.45, 2.75) is 119 Å². The van der Waals surface area contributed by atoms with Gasteiger partial charge in [-0.05, 0) is 117 Å². The molecule has 4 rings (SSSR count). The van der Waals surface area contributed by atoms with Gasteiger partial charge in [0.25, 0.3) is 0 Å². The lowest BCUT2D eigenvalue weighted by molar-refractivity contribution is -0.131. The van der Waals surface area contributed by atoms with Crippen molar-refractivity contribution in [2.24, 2.45) is 45.3 Å². The molecule has 0 unspecified atom stereocenters. The Kier molecular flexibility index (Phi) is 5.90. The molecular formula is C30H50O. The van der Waals surface area contributed by atoms with Crippen molar-refractivity contribution < 1.29 is 5.11 Å². The largest absolute Gasteiger partial charge is 0.393 e. The molecule has 0 aromatic heterocycles. The van der Waals surface area contributed by atoms with E-state index in [0.29, 0.717) is 22.2 Å². The van der Waals surface area contributed by atoms with Crippen LogP contribution in [0.5, 0.6) is 0 Å². The molecule has 0 aliphatic heterocycles. The maximum absolute atomic E-state index is 10.8. The number of rotatable bonds is 4. The maximum Gasteiger partial charge on any atom is 0.0594 e. The van der Waals surface area contributed by atoms with Crippen molar-refractivity contribution in [1.82, 2.24) is 0 Å². The second-order valence-corrected chi connectivity index (χ2v) is 13.7. The molecule has 3 fully saturated rings. The van der Waals surface area contributed by atoms with Crippen LogP contribution >= 0.6 is 0 Å². The molecule has 3 saturated carbocycles. The van der Waals surface area contributed by atoms with Crippen molar-refractivity contribution in [1.29, 1.82) is 0 Å². The fraction of sp³-hybridized carbons (Fsp3) is 0.867. The van der Waals surface area contributed by atoms with E-state index in [1.54, 1.807) is 0 Å². The van der Waals surface area contributed by atoms with Gasteiger partial charge >= 0.3 is 0 Å². The van der Waals surface area contributed by atoms with Crippen molar-refractivity contribution in [3.05, 3.63) is 23.3 Å². The third-order valence-electron chi connectivity index (χ3n) is 11.7. The summed E-state index contributed by atoms with van der Waals surface area (Å²) in [6, 6.07) is 0. The summed E-state index contributed by atoms with van der Waals surface area (Å²) in [6.07, 6.45) is 16.5. The van der Waals surface area contributed by atoms with Crippen LogP contribution < -0.4 is 0 Å². The van der Waals surface area contributed by atoms with E-state index >= 15 is 0 Å². The summed E-state index contributed by atoms with van der Waals surface area (Å²) in [6.45, 7) is 19.6. The lowest BCUT2D eigenvalue weighted by Gasteiger charge is -2.64. The fourth-order valence-electron chi connectivity index (χ4n) is 9.49. The van der Waals surface area contributed by atoms with Crippen LogP contribution in [-0.2, 0) is 0 Å². The number of hydrogen-bond acceptors (Lipinski definition) is 1. The Labute approximate surface area is 193 Å². The quantitative estimate of drug-likeness (QED) is 0.448. The van der Waals surface area contributed by atoms with Gasteiger partial charge in [-0.3, -0.25) is 0 Å². The van der Waals surface area contributed by atoms with Crippen LogP contribution in [0.4, 0.5) is 0 Å². The molecule has 0 aromatic carbocycles. The van der Waals surface area contributed by atoms with E-state index in [9.17, 15) is 5.11 Å². The third kappa shape index (κ3) is 3.34. The summed E-state index contributed by atoms with van der Waals surface area (Å²) in [7, 11) is 0. The standard InChI is InChI=1S/C30H50O/c1-20(2)10-9-11-21(3)22-14-18-30(8)24-12-13-25-27(4,5)26(31)16-17-28(25,6)23(24)15-19-29(22,30)7/h10,12,21-23,25-26,31H,9,11,13-19H2,1-8H3/t21-,22-,23-,25+,26-,28+,29-,30+/m0/s1. The molecule has 176 valence electrons. The molecule has 1 heteroatoms. The first kappa shape index (κ1) is 23.6. The molecule has 0 heterocycles. The number of allylic oxidation sites excluding steroid dienone is 4. The summed E-state index contributed by atoms with van der Waals surface area (Å²) >= 11 is 0. The molecule has 0 radical (unpaired) electrons. The van der Waals surface area contributed by atoms with Crippen LogP contribution in [0.2, 0.25) is 0 Å². The lowest BCUT2D eigenvalue weighted by Crippen LogP contribution is -2.58. The summed E-state index contributed by atoms with van der Waals surface area (Å²) in [4.78, 5) is 0. The van der Waals surface area contributed by atoms with Crippen LogP contribution in [0.15, 0.2) is 23.3 Å². The van der Waals surface area contributed by atoms with Crippen LogP contribution in [-0.4, -0.2) is 11.2 Å². The number of aliphatic hydroxyl groups excluding tert-OH is 1. The van der Waals surface area contributed by atoms with Crippen LogP contribution in [0.25, 0.3) is 0 Å². The van der Waals surface area contributed by atoms with E-state index in [0.717, 1.165) is 24.2 Å². The maximum atomic E-state index is 10.8. The van der Waals surface area contributed by atoms with Gasteiger partial charge in [-0.15, -0.1) is 0 Å². The fourth-order valence-corrected chi connectivity index (χ4v) is 9.49. The van der Waals surface area contributed by atoms with Crippen LogP contribution in [0.1, 0.15) is 113 Å². The van der Waals surface area contributed by atoms with E-state index in [-0.39, 0.29) is 11.5 Å². The smallest absolute Gasteiger partial charge is 0.0594 e. The van der Waals surface area contributed by atoms with E-state index in [4.69, 9.17) is 0 Å². The van der Waals surface area contributed by atoms with Gasteiger partial charge in [-0.1, -0.05) is 64.8 Å². The Bertz CT molecular complexity index is 754. The van der Waals surface area contributed by atoms with Gasteiger partial charge in [0.15, 0.2) is 0 Å². The summed E-state index contributed by atoms with van der Waals surface area (Å²) in [5, 5.41) is 10.8. The highest BCUT2D eigenvalue weighted by Gasteiger charge is 2.65. The van der Waals surface area contributed by atoms with E-state index in [1.807, 2.05) is 5.57 Å². The van der Waals surface area contributed by atoms with Gasteiger partial charge in [0.05, 0.1) is 6.10 Å². The minimum Gasteiger partial charge on any atom is -0.393 e. The molecule has 8 atom stereocenters. The molecule has 1 nitrogen and oxygen atoms in total. The highest BCUT2D eigenvalue weighted by molar-refractivity contribution is 5.33. The lowest BCUT2D eigenvalue weighted by atomic mass is 9.41. The highest BCUT2D eigenvalue weighted by atomic mass is 16.3. The Morgan fingerprint density at radius 2 is 1.77 bits per heavy atom. The molecule has 0 amide bonds. The van der Waals surface area contributed by atoms with Gasteiger partial charge in [-0.2, -0.15) is 0 Å². The molecule has 0 spiro atoms. The first-order valence-electron chi connectivity index (χ1n) is 13.4. The average molecular weight is 427 g/mol. The first-order chi connectivity index (χ1) is 14.4. The monoisotopic (exact) mass is 426 g/mol. The Balaban J connectivity index is 1.62. The molecule has 4 aliphatic carbocycles. The number of aliphatic hydroxyl groups is 1. The molecule has 0 bridgehead atoms. The predicted molar refractivity (Wildman–Crippen MR) is 133 cm³/mol. The van der Waals surface area contributed by atoms with Gasteiger partial charge in [0.2, 0.25) is 0 Å². The normalized spacial score (nSPS) is 46.9. The predicted octanol–water partition coefficient (Wildman–Crippen LogP) is 8.34. The highest BCUT2D eigenvalue weighted by Crippen LogP contribution is 2.73. The number of hydrogen-bond donors (Lipinski definition) is 1. The summed E-state index contributed by atoms with van der Waals surface area (Å²) in [5.41, 5.74) is 4.53. The Hall–Kier alpha value is -0.560. The topological polar surface area (TPSA) is 20.2 Å². The van der Waals surface area contributed by atoms with E-state index in [2.05, 4.69) is 67.5 Å². The molecule has 0 aromatic rings. The second kappa shape index (κ2) is 7.75. The zero-order valence-corrected chi connectivity index (χ0v) is 21.9. The van der Waals surface area contributed by atoms with Gasteiger partial charge in [0, 0.05) is 0 Å². The second-order valence-electron chi connectivity index (χ2n) is 13.7. The zero-order chi connectivity index (χ0) is 22.8. The molecular weight excluding hydrogens is 376 g/mol. The van der Waals surface area contributed by atoms with Crippen LogP contribution in [0, 0.1) is 45.3 Å².